The first-order chi connectivity index (χ1) is 9.74. The zero-order chi connectivity index (χ0) is 16.0. The van der Waals surface area contributed by atoms with Gasteiger partial charge in [0.1, 0.15) is 6.04 Å². The standard InChI is InChI=1S/C13H18N2O5S/c1-9(2)12(13(17)20-8-11(14)16)15-21(18,19)10-6-4-3-5-7-10/h3-7,9,12,15H,8H2,1-2H3,(H2,14,16)/t12-/m0/s1. The average Bonchev–Trinajstić information content (AvgIpc) is 2.43. The minimum Gasteiger partial charge on any atom is -0.454 e. The second-order valence-electron chi connectivity index (χ2n) is 4.73. The van der Waals surface area contributed by atoms with Crippen molar-refractivity contribution in [1.82, 2.24) is 4.72 Å². The molecule has 0 saturated heterocycles. The highest BCUT2D eigenvalue weighted by atomic mass is 32.2. The van der Waals surface area contributed by atoms with E-state index < -0.39 is 34.5 Å². The van der Waals surface area contributed by atoms with Gasteiger partial charge in [-0.15, -0.1) is 0 Å². The molecule has 0 aromatic heterocycles. The van der Waals surface area contributed by atoms with Gasteiger partial charge in [0, 0.05) is 0 Å². The quantitative estimate of drug-likeness (QED) is 0.688. The Labute approximate surface area is 123 Å². The zero-order valence-corrected chi connectivity index (χ0v) is 12.6. The predicted octanol–water partition coefficient (Wildman–Crippen LogP) is 0.0180. The van der Waals surface area contributed by atoms with Gasteiger partial charge in [0.15, 0.2) is 6.61 Å². The lowest BCUT2D eigenvalue weighted by Gasteiger charge is -2.20. The smallest absolute Gasteiger partial charge is 0.324 e. The van der Waals surface area contributed by atoms with Crippen molar-refractivity contribution in [2.45, 2.75) is 24.8 Å². The van der Waals surface area contributed by atoms with E-state index in [1.807, 2.05) is 0 Å². The van der Waals surface area contributed by atoms with E-state index in [-0.39, 0.29) is 10.8 Å². The van der Waals surface area contributed by atoms with Crippen LogP contribution in [0.1, 0.15) is 13.8 Å². The van der Waals surface area contributed by atoms with Crippen LogP contribution in [0, 0.1) is 5.92 Å². The van der Waals surface area contributed by atoms with Crippen molar-refractivity contribution in [3.63, 3.8) is 0 Å². The van der Waals surface area contributed by atoms with Crippen molar-refractivity contribution in [1.29, 1.82) is 0 Å². The van der Waals surface area contributed by atoms with E-state index in [1.54, 1.807) is 32.0 Å². The van der Waals surface area contributed by atoms with Crippen LogP contribution in [0.15, 0.2) is 35.2 Å². The molecule has 1 rings (SSSR count). The van der Waals surface area contributed by atoms with Gasteiger partial charge in [0.05, 0.1) is 4.90 Å². The zero-order valence-electron chi connectivity index (χ0n) is 11.8. The minimum absolute atomic E-state index is 0.0401. The number of nitrogens with two attached hydrogens (primary N) is 1. The third kappa shape index (κ3) is 5.16. The molecule has 0 saturated carbocycles. The van der Waals surface area contributed by atoms with Crippen LogP contribution in [0.3, 0.4) is 0 Å². The number of nitrogens with one attached hydrogen (secondary N) is 1. The summed E-state index contributed by atoms with van der Waals surface area (Å²) in [4.78, 5) is 22.5. The lowest BCUT2D eigenvalue weighted by atomic mass is 10.1. The number of ether oxygens (including phenoxy) is 1. The second kappa shape index (κ2) is 7.19. The van der Waals surface area contributed by atoms with Gasteiger partial charge in [-0.25, -0.2) is 8.42 Å². The van der Waals surface area contributed by atoms with Crippen molar-refractivity contribution in [2.75, 3.05) is 6.61 Å². The highest BCUT2D eigenvalue weighted by Crippen LogP contribution is 2.12. The van der Waals surface area contributed by atoms with Gasteiger partial charge in [-0.05, 0) is 18.1 Å². The van der Waals surface area contributed by atoms with Crippen molar-refractivity contribution >= 4 is 21.9 Å². The Hall–Kier alpha value is -1.93. The van der Waals surface area contributed by atoms with Gasteiger partial charge in [0.25, 0.3) is 5.91 Å². The lowest BCUT2D eigenvalue weighted by Crippen LogP contribution is -2.45. The number of sulfonamides is 1. The molecule has 3 N–H and O–H groups in total. The average molecular weight is 314 g/mol. The SMILES string of the molecule is CC(C)[C@H](NS(=O)(=O)c1ccccc1)C(=O)OCC(N)=O. The van der Waals surface area contributed by atoms with Gasteiger partial charge >= 0.3 is 5.97 Å². The Morgan fingerprint density at radius 3 is 2.29 bits per heavy atom. The number of hydrogen-bond acceptors (Lipinski definition) is 5. The maximum Gasteiger partial charge on any atom is 0.324 e. The third-order valence-corrected chi connectivity index (χ3v) is 4.07. The fraction of sp³-hybridized carbons (Fsp3) is 0.385. The molecule has 21 heavy (non-hydrogen) atoms. The Bertz CT molecular complexity index is 598. The Morgan fingerprint density at radius 2 is 1.81 bits per heavy atom. The number of primary amides is 1. The molecule has 0 heterocycles. The summed E-state index contributed by atoms with van der Waals surface area (Å²) in [6, 6.07) is 6.55. The van der Waals surface area contributed by atoms with E-state index in [9.17, 15) is 18.0 Å². The molecule has 0 aliphatic carbocycles. The summed E-state index contributed by atoms with van der Waals surface area (Å²) in [5.74, 6) is -2.01. The van der Waals surface area contributed by atoms with Gasteiger partial charge in [-0.2, -0.15) is 4.72 Å². The molecule has 0 unspecified atom stereocenters. The van der Waals surface area contributed by atoms with Crippen molar-refractivity contribution < 1.29 is 22.7 Å². The molecule has 0 bridgehead atoms. The second-order valence-corrected chi connectivity index (χ2v) is 6.44. The number of carbonyl (C=O) groups excluding carboxylic acids is 2. The van der Waals surface area contributed by atoms with Crippen LogP contribution in [0.2, 0.25) is 0 Å². The number of hydrogen-bond donors (Lipinski definition) is 2. The number of rotatable bonds is 7. The van der Waals surface area contributed by atoms with E-state index in [4.69, 9.17) is 5.73 Å². The molecular formula is C13H18N2O5S. The van der Waals surface area contributed by atoms with Crippen molar-refractivity contribution in [3.8, 4) is 0 Å². The van der Waals surface area contributed by atoms with Gasteiger partial charge in [-0.3, -0.25) is 9.59 Å². The number of benzene rings is 1. The molecule has 8 heteroatoms. The number of carbonyl (C=O) groups is 2. The molecule has 1 aromatic rings. The van der Waals surface area contributed by atoms with E-state index in [1.165, 1.54) is 12.1 Å². The Balaban J connectivity index is 2.88. The summed E-state index contributed by atoms with van der Waals surface area (Å²) < 4.78 is 31.3. The summed E-state index contributed by atoms with van der Waals surface area (Å²) in [6.45, 7) is 2.72. The molecule has 1 atom stereocenters. The van der Waals surface area contributed by atoms with Crippen molar-refractivity contribution in [3.05, 3.63) is 30.3 Å². The maximum absolute atomic E-state index is 12.2. The molecule has 0 spiro atoms. The van der Waals surface area contributed by atoms with Crippen LogP contribution in [-0.2, 0) is 24.3 Å². The first kappa shape index (κ1) is 17.1. The fourth-order valence-corrected chi connectivity index (χ4v) is 2.88. The number of esters is 1. The normalized spacial score (nSPS) is 12.9. The number of amides is 1. The molecule has 7 nitrogen and oxygen atoms in total. The van der Waals surface area contributed by atoms with E-state index in [2.05, 4.69) is 9.46 Å². The van der Waals surface area contributed by atoms with E-state index >= 15 is 0 Å². The molecule has 0 fully saturated rings. The third-order valence-electron chi connectivity index (χ3n) is 2.61. The fourth-order valence-electron chi connectivity index (χ4n) is 1.52. The monoisotopic (exact) mass is 314 g/mol. The van der Waals surface area contributed by atoms with Crippen LogP contribution in [0.4, 0.5) is 0 Å². The lowest BCUT2D eigenvalue weighted by molar-refractivity contribution is -0.150. The first-order valence-electron chi connectivity index (χ1n) is 6.26. The molecule has 1 amide bonds. The molecule has 0 aliphatic heterocycles. The summed E-state index contributed by atoms with van der Waals surface area (Å²) >= 11 is 0. The maximum atomic E-state index is 12.2. The predicted molar refractivity (Wildman–Crippen MR) is 75.5 cm³/mol. The molecule has 116 valence electrons. The summed E-state index contributed by atoms with van der Waals surface area (Å²) in [7, 11) is -3.86. The molecule has 0 radical (unpaired) electrons. The van der Waals surface area contributed by atoms with Gasteiger partial charge < -0.3 is 10.5 Å². The Morgan fingerprint density at radius 1 is 1.24 bits per heavy atom. The van der Waals surface area contributed by atoms with Crippen LogP contribution in [-0.4, -0.2) is 32.9 Å². The highest BCUT2D eigenvalue weighted by Gasteiger charge is 2.29. The minimum atomic E-state index is -3.86. The molecule has 0 aliphatic rings. The van der Waals surface area contributed by atoms with E-state index in [0.29, 0.717) is 0 Å². The van der Waals surface area contributed by atoms with Crippen LogP contribution >= 0.6 is 0 Å². The van der Waals surface area contributed by atoms with Crippen molar-refractivity contribution in [2.24, 2.45) is 11.7 Å². The first-order valence-corrected chi connectivity index (χ1v) is 7.74. The summed E-state index contributed by atoms with van der Waals surface area (Å²) in [5, 5.41) is 0. The van der Waals surface area contributed by atoms with Crippen LogP contribution in [0.5, 0.6) is 0 Å². The Kier molecular flexibility index (Phi) is 5.86. The summed E-state index contributed by atoms with van der Waals surface area (Å²) in [6.07, 6.45) is 0. The summed E-state index contributed by atoms with van der Waals surface area (Å²) in [5.41, 5.74) is 4.88. The molecule has 1 aromatic carbocycles. The van der Waals surface area contributed by atoms with Crippen LogP contribution in [0.25, 0.3) is 0 Å². The topological polar surface area (TPSA) is 116 Å². The van der Waals surface area contributed by atoms with Crippen LogP contribution < -0.4 is 10.5 Å². The van der Waals surface area contributed by atoms with Gasteiger partial charge in [0.2, 0.25) is 10.0 Å². The highest BCUT2D eigenvalue weighted by molar-refractivity contribution is 7.89. The van der Waals surface area contributed by atoms with E-state index in [0.717, 1.165) is 0 Å². The van der Waals surface area contributed by atoms with Gasteiger partial charge in [-0.1, -0.05) is 32.0 Å². The largest absolute Gasteiger partial charge is 0.454 e. The molecular weight excluding hydrogens is 296 g/mol.